The molecule has 0 radical (unpaired) electrons. The first-order valence-electron chi connectivity index (χ1n) is 9.81. The monoisotopic (exact) mass is 381 g/mol. The second kappa shape index (κ2) is 10.1. The molecular formula is C18H31N5O4. The molecule has 152 valence electrons. The molecule has 9 heteroatoms. The van der Waals surface area contributed by atoms with E-state index >= 15 is 0 Å². The van der Waals surface area contributed by atoms with Crippen LogP contribution in [0.3, 0.4) is 0 Å². The number of aromatic nitrogens is 2. The Hall–Kier alpha value is -1.55. The number of carbonyl (C=O) groups excluding carboxylic acids is 1. The average molecular weight is 381 g/mol. The highest BCUT2D eigenvalue weighted by atomic mass is 16.5. The number of nitrogens with zero attached hydrogens (tertiary/aromatic N) is 3. The summed E-state index contributed by atoms with van der Waals surface area (Å²) in [6.07, 6.45) is 4.25. The van der Waals surface area contributed by atoms with E-state index in [-0.39, 0.29) is 24.4 Å². The molecule has 3 heterocycles. The maximum absolute atomic E-state index is 12.7. The van der Waals surface area contributed by atoms with Gasteiger partial charge in [0.15, 0.2) is 5.82 Å². The number of nitrogens with two attached hydrogens (primary N) is 1. The van der Waals surface area contributed by atoms with Crippen molar-refractivity contribution in [3.05, 3.63) is 11.7 Å². The lowest BCUT2D eigenvalue weighted by molar-refractivity contribution is -0.126. The first kappa shape index (κ1) is 20.2. The van der Waals surface area contributed by atoms with Crippen molar-refractivity contribution in [1.82, 2.24) is 20.4 Å². The van der Waals surface area contributed by atoms with E-state index in [1.165, 1.54) is 0 Å². The highest BCUT2D eigenvalue weighted by Crippen LogP contribution is 2.22. The molecule has 1 aromatic rings. The van der Waals surface area contributed by atoms with Crippen LogP contribution in [-0.4, -0.2) is 73.1 Å². The van der Waals surface area contributed by atoms with Crippen LogP contribution in [0.5, 0.6) is 0 Å². The van der Waals surface area contributed by atoms with E-state index < -0.39 is 0 Å². The van der Waals surface area contributed by atoms with Gasteiger partial charge in [-0.15, -0.1) is 0 Å². The van der Waals surface area contributed by atoms with Crippen molar-refractivity contribution < 1.29 is 18.8 Å². The maximum Gasteiger partial charge on any atom is 0.229 e. The van der Waals surface area contributed by atoms with E-state index in [0.717, 1.165) is 52.0 Å². The zero-order valence-electron chi connectivity index (χ0n) is 16.1. The molecule has 1 amide bonds. The molecule has 27 heavy (non-hydrogen) atoms. The van der Waals surface area contributed by atoms with E-state index in [1.807, 2.05) is 0 Å². The quantitative estimate of drug-likeness (QED) is 0.683. The minimum Gasteiger partial charge on any atom is -0.384 e. The topological polar surface area (TPSA) is 116 Å². The van der Waals surface area contributed by atoms with Crippen LogP contribution in [0.2, 0.25) is 0 Å². The van der Waals surface area contributed by atoms with E-state index in [1.54, 1.807) is 7.11 Å². The van der Waals surface area contributed by atoms with Gasteiger partial charge in [0.05, 0.1) is 25.5 Å². The zero-order chi connectivity index (χ0) is 19.1. The zero-order valence-corrected chi connectivity index (χ0v) is 16.1. The number of likely N-dealkylation sites (tertiary alicyclic amines) is 1. The summed E-state index contributed by atoms with van der Waals surface area (Å²) in [4.78, 5) is 19.4. The summed E-state index contributed by atoms with van der Waals surface area (Å²) in [6.45, 7) is 3.97. The molecule has 9 nitrogen and oxygen atoms in total. The van der Waals surface area contributed by atoms with Crippen LogP contribution in [0.4, 0.5) is 0 Å². The van der Waals surface area contributed by atoms with Crippen LogP contribution in [0.15, 0.2) is 4.52 Å². The van der Waals surface area contributed by atoms with Gasteiger partial charge in [-0.25, -0.2) is 0 Å². The summed E-state index contributed by atoms with van der Waals surface area (Å²) < 4.78 is 15.6. The Morgan fingerprint density at radius 1 is 1.30 bits per heavy atom. The largest absolute Gasteiger partial charge is 0.384 e. The molecule has 2 saturated heterocycles. The van der Waals surface area contributed by atoms with Crippen molar-refractivity contribution in [2.45, 2.75) is 50.7 Å². The summed E-state index contributed by atoms with van der Waals surface area (Å²) in [7, 11) is 1.62. The number of amides is 1. The van der Waals surface area contributed by atoms with E-state index in [4.69, 9.17) is 19.7 Å². The molecule has 3 rings (SSSR count). The molecular weight excluding hydrogens is 350 g/mol. The standard InChI is InChI=1S/C18H31N5O4/c1-25-7-6-17-21-16(22-27-17)10-20-18(24)13-2-3-14(19)12-23(11-13)15-4-8-26-9-5-15/h13-15H,2-12,19H2,1H3,(H,20,24)/t13-,14+/m1/s1. The Bertz CT molecular complexity index is 590. The number of methoxy groups -OCH3 is 1. The van der Waals surface area contributed by atoms with Crippen molar-refractivity contribution in [3.63, 3.8) is 0 Å². The van der Waals surface area contributed by atoms with Crippen LogP contribution in [0.1, 0.15) is 37.4 Å². The van der Waals surface area contributed by atoms with Gasteiger partial charge in [0.25, 0.3) is 0 Å². The molecule has 0 spiro atoms. The molecule has 2 atom stereocenters. The Morgan fingerprint density at radius 2 is 2.11 bits per heavy atom. The van der Waals surface area contributed by atoms with Gasteiger partial charge in [-0.3, -0.25) is 9.69 Å². The number of ether oxygens (including phenoxy) is 2. The Kier molecular flexibility index (Phi) is 7.57. The number of nitrogens with one attached hydrogen (secondary N) is 1. The first-order valence-corrected chi connectivity index (χ1v) is 9.81. The van der Waals surface area contributed by atoms with Gasteiger partial charge in [-0.2, -0.15) is 4.98 Å². The van der Waals surface area contributed by atoms with E-state index in [2.05, 4.69) is 20.4 Å². The fraction of sp³-hybridized carbons (Fsp3) is 0.833. The lowest BCUT2D eigenvalue weighted by atomic mass is 10.0. The summed E-state index contributed by atoms with van der Waals surface area (Å²) in [5.41, 5.74) is 6.25. The Morgan fingerprint density at radius 3 is 2.89 bits per heavy atom. The predicted molar refractivity (Wildman–Crippen MR) is 97.8 cm³/mol. The Labute approximate surface area is 159 Å². The van der Waals surface area contributed by atoms with Crippen molar-refractivity contribution in [2.75, 3.05) is 40.0 Å². The number of hydrogen-bond acceptors (Lipinski definition) is 8. The number of hydrogen-bond donors (Lipinski definition) is 2. The second-order valence-corrected chi connectivity index (χ2v) is 7.40. The van der Waals surface area contributed by atoms with Gasteiger partial charge in [0.2, 0.25) is 11.8 Å². The average Bonchev–Trinajstić information content (AvgIpc) is 3.05. The van der Waals surface area contributed by atoms with Crippen LogP contribution >= 0.6 is 0 Å². The third kappa shape index (κ3) is 5.97. The van der Waals surface area contributed by atoms with Gasteiger partial charge in [0, 0.05) is 45.5 Å². The predicted octanol–water partition coefficient (Wildman–Crippen LogP) is 0.0930. The minimum absolute atomic E-state index is 0.0319. The van der Waals surface area contributed by atoms with E-state index in [0.29, 0.717) is 30.8 Å². The number of carbonyl (C=O) groups is 1. The molecule has 2 fully saturated rings. The Balaban J connectivity index is 1.52. The molecule has 0 unspecified atom stereocenters. The molecule has 0 saturated carbocycles. The van der Waals surface area contributed by atoms with Crippen molar-refractivity contribution >= 4 is 5.91 Å². The molecule has 0 bridgehead atoms. The highest BCUT2D eigenvalue weighted by Gasteiger charge is 2.31. The molecule has 3 N–H and O–H groups in total. The lowest BCUT2D eigenvalue weighted by Crippen LogP contribution is -2.47. The summed E-state index contributed by atoms with van der Waals surface area (Å²) in [5.74, 6) is 0.971. The SMILES string of the molecule is COCCc1nc(CNC(=O)[C@@H]2CC[C@H](N)CN(C3CCOCC3)C2)no1. The summed E-state index contributed by atoms with van der Waals surface area (Å²) >= 11 is 0. The second-order valence-electron chi connectivity index (χ2n) is 7.40. The van der Waals surface area contributed by atoms with Crippen molar-refractivity contribution in [2.24, 2.45) is 11.7 Å². The fourth-order valence-electron chi connectivity index (χ4n) is 3.78. The van der Waals surface area contributed by atoms with Gasteiger partial charge >= 0.3 is 0 Å². The molecule has 2 aliphatic heterocycles. The van der Waals surface area contributed by atoms with Crippen molar-refractivity contribution in [3.8, 4) is 0 Å². The van der Waals surface area contributed by atoms with E-state index in [9.17, 15) is 4.79 Å². The molecule has 2 aliphatic rings. The molecule has 0 aliphatic carbocycles. The summed E-state index contributed by atoms with van der Waals surface area (Å²) in [5, 5.41) is 6.86. The first-order chi connectivity index (χ1) is 13.2. The van der Waals surface area contributed by atoms with Crippen LogP contribution in [0, 0.1) is 5.92 Å². The van der Waals surface area contributed by atoms with Crippen LogP contribution in [0.25, 0.3) is 0 Å². The molecule has 1 aromatic heterocycles. The lowest BCUT2D eigenvalue weighted by Gasteiger charge is -2.35. The van der Waals surface area contributed by atoms with Gasteiger partial charge in [0.1, 0.15) is 0 Å². The third-order valence-corrected chi connectivity index (χ3v) is 5.34. The van der Waals surface area contributed by atoms with Gasteiger partial charge in [-0.05, 0) is 25.7 Å². The van der Waals surface area contributed by atoms with Crippen molar-refractivity contribution in [1.29, 1.82) is 0 Å². The van der Waals surface area contributed by atoms with Crippen LogP contribution in [-0.2, 0) is 27.2 Å². The fourth-order valence-corrected chi connectivity index (χ4v) is 3.78. The third-order valence-electron chi connectivity index (χ3n) is 5.34. The highest BCUT2D eigenvalue weighted by molar-refractivity contribution is 5.78. The number of rotatable bonds is 7. The van der Waals surface area contributed by atoms with Gasteiger partial charge < -0.3 is 25.0 Å². The van der Waals surface area contributed by atoms with Crippen LogP contribution < -0.4 is 11.1 Å². The minimum atomic E-state index is -0.0683. The normalized spacial score (nSPS) is 25.3. The van der Waals surface area contributed by atoms with Gasteiger partial charge in [-0.1, -0.05) is 5.16 Å². The molecule has 0 aromatic carbocycles. The maximum atomic E-state index is 12.7. The summed E-state index contributed by atoms with van der Waals surface area (Å²) in [6, 6.07) is 0.574. The smallest absolute Gasteiger partial charge is 0.229 e.